The van der Waals surface area contributed by atoms with E-state index >= 15 is 0 Å². The Balaban J connectivity index is 1.46. The summed E-state index contributed by atoms with van der Waals surface area (Å²) in [6.45, 7) is 3.86. The summed E-state index contributed by atoms with van der Waals surface area (Å²) in [5.41, 5.74) is 0.450. The third kappa shape index (κ3) is 3.37. The Hall–Kier alpha value is -1.88. The first-order valence-electron chi connectivity index (χ1n) is 9.84. The van der Waals surface area contributed by atoms with Gasteiger partial charge in [-0.25, -0.2) is 4.39 Å². The predicted octanol–water partition coefficient (Wildman–Crippen LogP) is 4.15. The fourth-order valence-electron chi connectivity index (χ4n) is 4.53. The zero-order valence-electron chi connectivity index (χ0n) is 15.4. The molecule has 140 valence electrons. The largest absolute Gasteiger partial charge is 0.487 e. The number of aryl methyl sites for hydroxylation is 1. The third-order valence-electron chi connectivity index (χ3n) is 6.03. The van der Waals surface area contributed by atoms with E-state index in [0.717, 1.165) is 37.5 Å². The number of likely N-dealkylation sites (tertiary alicyclic amines) is 1. The van der Waals surface area contributed by atoms with Gasteiger partial charge in [-0.15, -0.1) is 0 Å². The van der Waals surface area contributed by atoms with E-state index in [1.54, 1.807) is 25.3 Å². The molecular weight excluding hydrogens is 331 g/mol. The van der Waals surface area contributed by atoms with Gasteiger partial charge in [0, 0.05) is 30.7 Å². The van der Waals surface area contributed by atoms with Crippen molar-refractivity contribution in [2.24, 2.45) is 0 Å². The minimum absolute atomic E-state index is 0.0455. The molecule has 0 amide bonds. The van der Waals surface area contributed by atoms with Gasteiger partial charge in [-0.05, 0) is 50.3 Å². The van der Waals surface area contributed by atoms with E-state index in [0.29, 0.717) is 10.8 Å². The van der Waals surface area contributed by atoms with Crippen LogP contribution in [0.2, 0.25) is 0 Å². The van der Waals surface area contributed by atoms with Crippen LogP contribution in [-0.2, 0) is 0 Å². The Bertz CT molecular complexity index is 834. The molecule has 4 rings (SSSR count). The van der Waals surface area contributed by atoms with Gasteiger partial charge in [-0.3, -0.25) is 4.79 Å². The minimum Gasteiger partial charge on any atom is -0.487 e. The molecule has 1 aliphatic heterocycles. The van der Waals surface area contributed by atoms with Crippen molar-refractivity contribution in [2.45, 2.75) is 64.0 Å². The molecule has 2 aliphatic rings. The number of fused-ring (bicyclic) bond motifs is 1. The van der Waals surface area contributed by atoms with Gasteiger partial charge in [0.25, 0.3) is 5.56 Å². The van der Waals surface area contributed by atoms with Crippen molar-refractivity contribution in [1.29, 1.82) is 0 Å². The summed E-state index contributed by atoms with van der Waals surface area (Å²) in [4.78, 5) is 17.1. The van der Waals surface area contributed by atoms with Gasteiger partial charge in [0.05, 0.1) is 5.39 Å². The summed E-state index contributed by atoms with van der Waals surface area (Å²) in [6, 6.07) is 3.99. The van der Waals surface area contributed by atoms with E-state index < -0.39 is 5.82 Å². The predicted molar refractivity (Wildman–Crippen MR) is 101 cm³/mol. The van der Waals surface area contributed by atoms with Gasteiger partial charge >= 0.3 is 0 Å². The fourth-order valence-corrected chi connectivity index (χ4v) is 4.53. The molecule has 0 atom stereocenters. The highest BCUT2D eigenvalue weighted by Gasteiger charge is 2.27. The molecule has 1 saturated carbocycles. The number of piperidine rings is 1. The summed E-state index contributed by atoms with van der Waals surface area (Å²) in [7, 11) is 0. The molecule has 1 N–H and O–H groups in total. The van der Waals surface area contributed by atoms with Crippen LogP contribution in [0.3, 0.4) is 0 Å². The van der Waals surface area contributed by atoms with Crippen LogP contribution < -0.4 is 10.3 Å². The molecule has 0 radical (unpaired) electrons. The second-order valence-corrected chi connectivity index (χ2v) is 7.75. The van der Waals surface area contributed by atoms with Crippen molar-refractivity contribution in [3.8, 4) is 5.75 Å². The quantitative estimate of drug-likeness (QED) is 0.896. The number of aromatic amines is 1. The van der Waals surface area contributed by atoms with Gasteiger partial charge in [0.15, 0.2) is 11.6 Å². The highest BCUT2D eigenvalue weighted by molar-refractivity contribution is 5.86. The highest BCUT2D eigenvalue weighted by Crippen LogP contribution is 2.30. The lowest BCUT2D eigenvalue weighted by Crippen LogP contribution is -2.44. The molecule has 1 aromatic carbocycles. The van der Waals surface area contributed by atoms with Gasteiger partial charge in [0.2, 0.25) is 0 Å². The lowest BCUT2D eigenvalue weighted by Gasteiger charge is -2.39. The number of nitrogens with one attached hydrogen (secondary N) is 1. The normalized spacial score (nSPS) is 20.5. The monoisotopic (exact) mass is 358 g/mol. The zero-order valence-corrected chi connectivity index (χ0v) is 15.4. The van der Waals surface area contributed by atoms with Crippen LogP contribution in [0.5, 0.6) is 5.75 Å². The first-order valence-corrected chi connectivity index (χ1v) is 9.84. The van der Waals surface area contributed by atoms with Crippen LogP contribution in [0, 0.1) is 12.7 Å². The van der Waals surface area contributed by atoms with Gasteiger partial charge in [0.1, 0.15) is 6.10 Å². The van der Waals surface area contributed by atoms with E-state index in [1.807, 2.05) is 0 Å². The Kier molecular flexibility index (Phi) is 4.98. The number of H-pyrrole nitrogens is 1. The molecule has 1 aliphatic carbocycles. The fraction of sp³-hybridized carbons (Fsp3) is 0.571. The molecule has 26 heavy (non-hydrogen) atoms. The lowest BCUT2D eigenvalue weighted by atomic mass is 9.92. The van der Waals surface area contributed by atoms with Crippen LogP contribution in [0.25, 0.3) is 10.8 Å². The molecule has 5 heteroatoms. The molecule has 0 spiro atoms. The number of benzene rings is 1. The van der Waals surface area contributed by atoms with Crippen LogP contribution in [0.1, 0.15) is 50.5 Å². The molecule has 0 unspecified atom stereocenters. The number of nitrogens with zero attached hydrogens (tertiary/aromatic N) is 1. The highest BCUT2D eigenvalue weighted by atomic mass is 19.1. The van der Waals surface area contributed by atoms with Gasteiger partial charge in [-0.1, -0.05) is 19.3 Å². The number of aromatic nitrogens is 1. The Morgan fingerprint density at radius 2 is 1.85 bits per heavy atom. The zero-order chi connectivity index (χ0) is 18.1. The van der Waals surface area contributed by atoms with Crippen molar-refractivity contribution < 1.29 is 9.13 Å². The topological polar surface area (TPSA) is 45.3 Å². The molecule has 4 nitrogen and oxygen atoms in total. The third-order valence-corrected chi connectivity index (χ3v) is 6.03. The van der Waals surface area contributed by atoms with Crippen LogP contribution in [0.4, 0.5) is 4.39 Å². The summed E-state index contributed by atoms with van der Waals surface area (Å²) < 4.78 is 21.0. The molecule has 1 aromatic heterocycles. The minimum atomic E-state index is -0.416. The smallest absolute Gasteiger partial charge is 0.255 e. The number of halogens is 1. The van der Waals surface area contributed by atoms with E-state index in [2.05, 4.69) is 9.88 Å². The molecule has 0 bridgehead atoms. The molecule has 2 fully saturated rings. The molecule has 2 aromatic rings. The maximum Gasteiger partial charge on any atom is 0.255 e. The SMILES string of the molecule is Cc1c[nH]c(=O)c2ccc(OC3CCN(C4CCCCC4)CC3)c(F)c12. The first kappa shape index (κ1) is 17.5. The average Bonchev–Trinajstić information content (AvgIpc) is 2.68. The molecular formula is C21H27FN2O2. The van der Waals surface area contributed by atoms with Crippen molar-refractivity contribution in [3.05, 3.63) is 40.1 Å². The summed E-state index contributed by atoms with van der Waals surface area (Å²) in [6.07, 6.45) is 10.2. The Morgan fingerprint density at radius 1 is 1.12 bits per heavy atom. The molecule has 1 saturated heterocycles. The van der Waals surface area contributed by atoms with Crippen LogP contribution in [0.15, 0.2) is 23.1 Å². The summed E-state index contributed by atoms with van der Waals surface area (Å²) in [5.74, 6) is -0.150. The number of ether oxygens (including phenoxy) is 1. The van der Waals surface area contributed by atoms with E-state index in [9.17, 15) is 9.18 Å². The first-order chi connectivity index (χ1) is 12.6. The standard InChI is InChI=1S/C21H27FN2O2/c1-14-13-23-21(25)17-7-8-18(20(22)19(14)17)26-16-9-11-24(12-10-16)15-5-3-2-4-6-15/h7-8,13,15-16H,2-6,9-12H2,1H3,(H,23,25). The van der Waals surface area contributed by atoms with E-state index in [1.165, 1.54) is 32.1 Å². The van der Waals surface area contributed by atoms with Crippen molar-refractivity contribution in [3.63, 3.8) is 0 Å². The van der Waals surface area contributed by atoms with Gasteiger partial charge in [-0.2, -0.15) is 0 Å². The lowest BCUT2D eigenvalue weighted by molar-refractivity contribution is 0.0613. The summed E-state index contributed by atoms with van der Waals surface area (Å²) >= 11 is 0. The second kappa shape index (κ2) is 7.39. The Morgan fingerprint density at radius 3 is 2.58 bits per heavy atom. The van der Waals surface area contributed by atoms with Crippen LogP contribution in [-0.4, -0.2) is 35.1 Å². The maximum absolute atomic E-state index is 14.9. The number of hydrogen-bond acceptors (Lipinski definition) is 3. The number of hydrogen-bond donors (Lipinski definition) is 1. The Labute approximate surface area is 153 Å². The second-order valence-electron chi connectivity index (χ2n) is 7.75. The van der Waals surface area contributed by atoms with Gasteiger partial charge < -0.3 is 14.6 Å². The van der Waals surface area contributed by atoms with Crippen LogP contribution >= 0.6 is 0 Å². The van der Waals surface area contributed by atoms with Crippen molar-refractivity contribution >= 4 is 10.8 Å². The average molecular weight is 358 g/mol. The van der Waals surface area contributed by atoms with Crippen molar-refractivity contribution in [1.82, 2.24) is 9.88 Å². The van der Waals surface area contributed by atoms with E-state index in [4.69, 9.17) is 4.74 Å². The number of pyridine rings is 1. The molecule has 2 heterocycles. The maximum atomic E-state index is 14.9. The van der Waals surface area contributed by atoms with E-state index in [-0.39, 0.29) is 17.4 Å². The van der Waals surface area contributed by atoms with Crippen molar-refractivity contribution in [2.75, 3.05) is 13.1 Å². The summed E-state index contributed by atoms with van der Waals surface area (Å²) in [5, 5.41) is 0.743. The number of rotatable bonds is 3.